The van der Waals surface area contributed by atoms with Gasteiger partial charge in [-0.2, -0.15) is 0 Å². The topological polar surface area (TPSA) is 98.0 Å². The van der Waals surface area contributed by atoms with Gasteiger partial charge in [-0.15, -0.1) is 0 Å². The van der Waals surface area contributed by atoms with Gasteiger partial charge in [0.15, 0.2) is 0 Å². The average Bonchev–Trinajstić information content (AvgIpc) is 2.55. The highest BCUT2D eigenvalue weighted by Crippen LogP contribution is 2.12. The van der Waals surface area contributed by atoms with Crippen molar-refractivity contribution in [1.29, 1.82) is 0 Å². The molecule has 0 fully saturated rings. The molecule has 0 amide bonds. The van der Waals surface area contributed by atoms with E-state index in [2.05, 4.69) is 6.92 Å². The first-order valence-corrected chi connectivity index (χ1v) is 9.41. The molecular formula is C19H36O5. The second kappa shape index (κ2) is 15.6. The monoisotopic (exact) mass is 344 g/mol. The summed E-state index contributed by atoms with van der Waals surface area (Å²) in [5, 5.41) is 38.1. The van der Waals surface area contributed by atoms with Crippen molar-refractivity contribution < 1.29 is 25.2 Å². The molecule has 0 saturated carbocycles. The van der Waals surface area contributed by atoms with E-state index in [1.54, 1.807) is 6.08 Å². The summed E-state index contributed by atoms with van der Waals surface area (Å²) < 4.78 is 0. The summed E-state index contributed by atoms with van der Waals surface area (Å²) in [6, 6.07) is 0. The van der Waals surface area contributed by atoms with E-state index in [0.717, 1.165) is 51.4 Å². The first kappa shape index (κ1) is 23.1. The molecule has 0 rings (SSSR count). The Hall–Kier alpha value is -0.910. The summed E-state index contributed by atoms with van der Waals surface area (Å²) in [6.07, 6.45) is 10.9. The van der Waals surface area contributed by atoms with Crippen LogP contribution in [-0.2, 0) is 4.79 Å². The van der Waals surface area contributed by atoms with Crippen LogP contribution in [0.15, 0.2) is 12.2 Å². The van der Waals surface area contributed by atoms with Gasteiger partial charge in [0, 0.05) is 6.42 Å². The second-order valence-electron chi connectivity index (χ2n) is 6.56. The number of carbonyl (C=O) groups is 1. The molecule has 4 N–H and O–H groups in total. The van der Waals surface area contributed by atoms with Crippen molar-refractivity contribution in [2.24, 2.45) is 0 Å². The van der Waals surface area contributed by atoms with Crippen LogP contribution in [0.4, 0.5) is 0 Å². The summed E-state index contributed by atoms with van der Waals surface area (Å²) in [4.78, 5) is 10.4. The molecular weight excluding hydrogens is 308 g/mol. The lowest BCUT2D eigenvalue weighted by atomic mass is 10.0. The standard InChI is InChI=1S/C19H36O5/c1-2-3-4-9-12-17(21)18(22)15-14-16(20)11-8-6-5-7-10-13-19(23)24/h14-18,20-22H,2-13H2,1H3,(H,23,24)/b15-14+/t16-,17-,18+/m0/s1. The molecule has 0 heterocycles. The summed E-state index contributed by atoms with van der Waals surface area (Å²) in [5.41, 5.74) is 0. The Labute approximate surface area is 146 Å². The zero-order chi connectivity index (χ0) is 18.2. The SMILES string of the molecule is CCCCCC[C@H](O)[C@H](O)/C=C/[C@@H](O)CCCCCCCC(=O)O. The maximum absolute atomic E-state index is 10.4. The molecule has 24 heavy (non-hydrogen) atoms. The van der Waals surface area contributed by atoms with Crippen molar-refractivity contribution >= 4 is 5.97 Å². The van der Waals surface area contributed by atoms with Gasteiger partial charge in [0.2, 0.25) is 0 Å². The van der Waals surface area contributed by atoms with E-state index < -0.39 is 24.3 Å². The van der Waals surface area contributed by atoms with Crippen molar-refractivity contribution in [2.45, 2.75) is 102 Å². The van der Waals surface area contributed by atoms with E-state index in [4.69, 9.17) is 5.11 Å². The van der Waals surface area contributed by atoms with Crippen molar-refractivity contribution in [2.75, 3.05) is 0 Å². The predicted molar refractivity (Wildman–Crippen MR) is 95.9 cm³/mol. The highest BCUT2D eigenvalue weighted by atomic mass is 16.4. The zero-order valence-electron chi connectivity index (χ0n) is 15.1. The van der Waals surface area contributed by atoms with Gasteiger partial charge in [0.1, 0.15) is 0 Å². The van der Waals surface area contributed by atoms with Gasteiger partial charge >= 0.3 is 5.97 Å². The Balaban J connectivity index is 3.67. The number of aliphatic hydroxyl groups is 3. The highest BCUT2D eigenvalue weighted by molar-refractivity contribution is 5.66. The minimum absolute atomic E-state index is 0.226. The summed E-state index contributed by atoms with van der Waals surface area (Å²) >= 11 is 0. The van der Waals surface area contributed by atoms with Crippen LogP contribution in [0.3, 0.4) is 0 Å². The molecule has 0 aromatic carbocycles. The van der Waals surface area contributed by atoms with Crippen LogP contribution in [0.5, 0.6) is 0 Å². The van der Waals surface area contributed by atoms with Crippen LogP contribution in [0.1, 0.15) is 84.0 Å². The van der Waals surface area contributed by atoms with E-state index >= 15 is 0 Å². The van der Waals surface area contributed by atoms with E-state index in [0.29, 0.717) is 19.3 Å². The molecule has 5 nitrogen and oxygen atoms in total. The van der Waals surface area contributed by atoms with E-state index in [-0.39, 0.29) is 6.42 Å². The highest BCUT2D eigenvalue weighted by Gasteiger charge is 2.13. The minimum atomic E-state index is -0.919. The maximum Gasteiger partial charge on any atom is 0.303 e. The van der Waals surface area contributed by atoms with Crippen LogP contribution in [0, 0.1) is 0 Å². The molecule has 0 bridgehead atoms. The third-order valence-electron chi connectivity index (χ3n) is 4.17. The molecule has 142 valence electrons. The molecule has 0 aliphatic heterocycles. The molecule has 0 aliphatic carbocycles. The van der Waals surface area contributed by atoms with Gasteiger partial charge in [0.25, 0.3) is 0 Å². The molecule has 3 atom stereocenters. The van der Waals surface area contributed by atoms with Crippen LogP contribution >= 0.6 is 0 Å². The van der Waals surface area contributed by atoms with Gasteiger partial charge in [-0.1, -0.05) is 70.4 Å². The molecule has 0 aromatic heterocycles. The van der Waals surface area contributed by atoms with Gasteiger partial charge in [-0.3, -0.25) is 4.79 Å². The van der Waals surface area contributed by atoms with Gasteiger partial charge in [-0.25, -0.2) is 0 Å². The lowest BCUT2D eigenvalue weighted by molar-refractivity contribution is -0.137. The summed E-state index contributed by atoms with van der Waals surface area (Å²) in [7, 11) is 0. The van der Waals surface area contributed by atoms with Gasteiger partial charge in [-0.05, 0) is 19.3 Å². The minimum Gasteiger partial charge on any atom is -0.481 e. The van der Waals surface area contributed by atoms with Crippen LogP contribution in [-0.4, -0.2) is 44.7 Å². The number of hydrogen-bond acceptors (Lipinski definition) is 4. The Morgan fingerprint density at radius 1 is 0.833 bits per heavy atom. The fourth-order valence-corrected chi connectivity index (χ4v) is 2.58. The molecule has 0 radical (unpaired) electrons. The zero-order valence-corrected chi connectivity index (χ0v) is 15.1. The quantitative estimate of drug-likeness (QED) is 0.254. The molecule has 0 spiro atoms. The number of carboxylic acid groups (broad SMARTS) is 1. The molecule has 0 aliphatic rings. The Kier molecular flexibility index (Phi) is 15.0. The number of rotatable bonds is 16. The Morgan fingerprint density at radius 3 is 2.08 bits per heavy atom. The molecule has 0 unspecified atom stereocenters. The average molecular weight is 344 g/mol. The fourth-order valence-electron chi connectivity index (χ4n) is 2.58. The normalized spacial score (nSPS) is 15.5. The third-order valence-corrected chi connectivity index (χ3v) is 4.17. The van der Waals surface area contributed by atoms with E-state index in [9.17, 15) is 20.1 Å². The second-order valence-corrected chi connectivity index (χ2v) is 6.56. The smallest absolute Gasteiger partial charge is 0.303 e. The van der Waals surface area contributed by atoms with Crippen molar-refractivity contribution in [3.05, 3.63) is 12.2 Å². The number of unbranched alkanes of at least 4 members (excludes halogenated alkanes) is 7. The molecule has 0 aromatic rings. The number of carboxylic acids is 1. The first-order chi connectivity index (χ1) is 11.5. The number of aliphatic hydroxyl groups excluding tert-OH is 3. The molecule has 0 saturated heterocycles. The van der Waals surface area contributed by atoms with Gasteiger partial charge < -0.3 is 20.4 Å². The lowest BCUT2D eigenvalue weighted by Gasteiger charge is -2.15. The van der Waals surface area contributed by atoms with Crippen LogP contribution in [0.25, 0.3) is 0 Å². The Bertz CT molecular complexity index is 330. The third kappa shape index (κ3) is 14.7. The summed E-state index contributed by atoms with van der Waals surface area (Å²) in [5.74, 6) is -0.748. The summed E-state index contributed by atoms with van der Waals surface area (Å²) in [6.45, 7) is 2.13. The number of aliphatic carboxylic acids is 1. The first-order valence-electron chi connectivity index (χ1n) is 9.41. The lowest BCUT2D eigenvalue weighted by Crippen LogP contribution is -2.24. The van der Waals surface area contributed by atoms with Crippen LogP contribution < -0.4 is 0 Å². The number of hydrogen-bond donors (Lipinski definition) is 4. The fraction of sp³-hybridized carbons (Fsp3) is 0.842. The predicted octanol–water partition coefficient (Wildman–Crippen LogP) is 3.41. The van der Waals surface area contributed by atoms with E-state index in [1.807, 2.05) is 0 Å². The van der Waals surface area contributed by atoms with Crippen molar-refractivity contribution in [3.63, 3.8) is 0 Å². The van der Waals surface area contributed by atoms with E-state index in [1.165, 1.54) is 6.08 Å². The van der Waals surface area contributed by atoms with Crippen molar-refractivity contribution in [3.8, 4) is 0 Å². The van der Waals surface area contributed by atoms with Crippen molar-refractivity contribution in [1.82, 2.24) is 0 Å². The largest absolute Gasteiger partial charge is 0.481 e. The Morgan fingerprint density at radius 2 is 1.42 bits per heavy atom. The van der Waals surface area contributed by atoms with Crippen LogP contribution in [0.2, 0.25) is 0 Å². The maximum atomic E-state index is 10.4. The molecule has 5 heteroatoms. The van der Waals surface area contributed by atoms with Gasteiger partial charge in [0.05, 0.1) is 18.3 Å².